The molecular weight excluding hydrogens is 392 g/mol. The van der Waals surface area contributed by atoms with Gasteiger partial charge in [0.15, 0.2) is 11.5 Å². The molecule has 9 nitrogen and oxygen atoms in total. The lowest BCUT2D eigenvalue weighted by Gasteiger charge is -2.13. The van der Waals surface area contributed by atoms with Gasteiger partial charge in [-0.15, -0.1) is 16.4 Å². The van der Waals surface area contributed by atoms with E-state index in [1.165, 1.54) is 22.3 Å². The van der Waals surface area contributed by atoms with Gasteiger partial charge in [-0.3, -0.25) is 9.78 Å². The molecule has 29 heavy (non-hydrogen) atoms. The van der Waals surface area contributed by atoms with Crippen LogP contribution in [0, 0.1) is 0 Å². The molecule has 0 aliphatic rings. The first-order valence-electron chi connectivity index (χ1n) is 8.56. The highest BCUT2D eigenvalue weighted by atomic mass is 32.1. The Morgan fingerprint density at radius 3 is 2.93 bits per heavy atom. The van der Waals surface area contributed by atoms with Crippen molar-refractivity contribution in [1.82, 2.24) is 25.2 Å². The average molecular weight is 408 g/mol. The Morgan fingerprint density at radius 1 is 1.24 bits per heavy atom. The molecule has 0 spiro atoms. The van der Waals surface area contributed by atoms with Gasteiger partial charge in [-0.1, -0.05) is 6.07 Å². The molecule has 146 valence electrons. The molecule has 0 aliphatic heterocycles. The molecule has 0 aliphatic carbocycles. The number of nitrogens with one attached hydrogen (secondary N) is 1. The zero-order valence-corrected chi connectivity index (χ0v) is 16.2. The van der Waals surface area contributed by atoms with Crippen LogP contribution in [0.15, 0.2) is 60.5 Å². The summed E-state index contributed by atoms with van der Waals surface area (Å²) in [5, 5.41) is 15.7. The van der Waals surface area contributed by atoms with Crippen molar-refractivity contribution in [2.75, 3.05) is 12.4 Å². The van der Waals surface area contributed by atoms with Crippen molar-refractivity contribution in [3.63, 3.8) is 0 Å². The highest BCUT2D eigenvalue weighted by Crippen LogP contribution is 2.31. The first-order chi connectivity index (χ1) is 14.2. The lowest BCUT2D eigenvalue weighted by atomic mass is 10.2. The molecule has 0 unspecified atom stereocenters. The molecule has 3 heterocycles. The second kappa shape index (κ2) is 8.48. The fourth-order valence-corrected chi connectivity index (χ4v) is 3.40. The number of tetrazole rings is 1. The zero-order chi connectivity index (χ0) is 20.1. The van der Waals surface area contributed by atoms with E-state index in [1.807, 2.05) is 17.5 Å². The number of carbonyl (C=O) groups excluding carboxylic acids is 1. The van der Waals surface area contributed by atoms with Gasteiger partial charge < -0.3 is 14.8 Å². The molecule has 4 rings (SSSR count). The molecule has 0 bridgehead atoms. The van der Waals surface area contributed by atoms with Gasteiger partial charge in [0.2, 0.25) is 0 Å². The van der Waals surface area contributed by atoms with Gasteiger partial charge >= 0.3 is 0 Å². The summed E-state index contributed by atoms with van der Waals surface area (Å²) in [5.41, 5.74) is 2.11. The van der Waals surface area contributed by atoms with Gasteiger partial charge in [0.25, 0.3) is 5.91 Å². The van der Waals surface area contributed by atoms with Crippen molar-refractivity contribution in [2.24, 2.45) is 0 Å². The number of aromatic nitrogens is 5. The largest absolute Gasteiger partial charge is 0.493 e. The third kappa shape index (κ3) is 4.22. The summed E-state index contributed by atoms with van der Waals surface area (Å²) in [4.78, 5) is 17.3. The van der Waals surface area contributed by atoms with Gasteiger partial charge in [-0.05, 0) is 40.1 Å². The first kappa shape index (κ1) is 18.6. The van der Waals surface area contributed by atoms with Crippen LogP contribution in [0.25, 0.3) is 5.69 Å². The lowest BCUT2D eigenvalue weighted by Crippen LogP contribution is -2.13. The summed E-state index contributed by atoms with van der Waals surface area (Å²) in [5.74, 6) is 0.812. The number of methoxy groups -OCH3 is 1. The van der Waals surface area contributed by atoms with E-state index < -0.39 is 0 Å². The van der Waals surface area contributed by atoms with Crippen LogP contribution in [-0.4, -0.2) is 38.2 Å². The van der Waals surface area contributed by atoms with Crippen LogP contribution in [-0.2, 0) is 6.61 Å². The number of hydrogen-bond acceptors (Lipinski definition) is 8. The van der Waals surface area contributed by atoms with Gasteiger partial charge in [-0.2, -0.15) is 4.68 Å². The number of ether oxygens (including phenoxy) is 2. The summed E-state index contributed by atoms with van der Waals surface area (Å²) >= 11 is 1.30. The van der Waals surface area contributed by atoms with E-state index >= 15 is 0 Å². The highest BCUT2D eigenvalue weighted by molar-refractivity contribution is 7.12. The Labute approximate surface area is 169 Å². The maximum absolute atomic E-state index is 12.8. The van der Waals surface area contributed by atoms with E-state index in [0.29, 0.717) is 34.4 Å². The van der Waals surface area contributed by atoms with Crippen LogP contribution < -0.4 is 14.8 Å². The summed E-state index contributed by atoms with van der Waals surface area (Å²) < 4.78 is 12.7. The molecular formula is C19H16N6O3S. The van der Waals surface area contributed by atoms with Crippen molar-refractivity contribution < 1.29 is 14.3 Å². The Hall–Kier alpha value is -3.79. The standard InChI is InChI=1S/C19H16N6O3S/c1-27-16-5-4-14(9-17(16)28-11-13-3-2-7-20-10-13)22-19(26)18-15(6-8-29-18)25-12-21-23-24-25/h2-10,12H,11H2,1H3,(H,22,26). The minimum absolute atomic E-state index is 0.270. The predicted molar refractivity (Wildman–Crippen MR) is 107 cm³/mol. The molecule has 0 atom stereocenters. The minimum Gasteiger partial charge on any atom is -0.493 e. The number of rotatable bonds is 7. The molecule has 0 radical (unpaired) electrons. The molecule has 0 saturated heterocycles. The van der Waals surface area contributed by atoms with Crippen LogP contribution in [0.3, 0.4) is 0 Å². The average Bonchev–Trinajstić information content (AvgIpc) is 3.44. The normalized spacial score (nSPS) is 10.5. The van der Waals surface area contributed by atoms with Crippen molar-refractivity contribution in [1.29, 1.82) is 0 Å². The smallest absolute Gasteiger partial charge is 0.267 e. The topological polar surface area (TPSA) is 104 Å². The van der Waals surface area contributed by atoms with Crippen molar-refractivity contribution in [3.05, 3.63) is 70.9 Å². The summed E-state index contributed by atoms with van der Waals surface area (Å²) in [6.07, 6.45) is 4.88. The van der Waals surface area contributed by atoms with Crippen LogP contribution in [0.2, 0.25) is 0 Å². The molecule has 3 aromatic heterocycles. The third-order valence-corrected chi connectivity index (χ3v) is 4.89. The predicted octanol–water partition coefficient (Wildman–Crippen LogP) is 2.96. The number of amides is 1. The molecule has 10 heteroatoms. The van der Waals surface area contributed by atoms with E-state index in [-0.39, 0.29) is 5.91 Å². The minimum atomic E-state index is -0.270. The second-order valence-electron chi connectivity index (χ2n) is 5.86. The maximum Gasteiger partial charge on any atom is 0.267 e. The van der Waals surface area contributed by atoms with Crippen LogP contribution in [0.1, 0.15) is 15.2 Å². The van der Waals surface area contributed by atoms with Crippen molar-refractivity contribution in [2.45, 2.75) is 6.61 Å². The Bertz CT molecular complexity index is 1100. The number of anilines is 1. The van der Waals surface area contributed by atoms with Gasteiger partial charge in [0, 0.05) is 29.7 Å². The molecule has 0 saturated carbocycles. The number of carbonyl (C=O) groups is 1. The van der Waals surface area contributed by atoms with Gasteiger partial charge in [0.1, 0.15) is 17.8 Å². The monoisotopic (exact) mass is 408 g/mol. The Kier molecular flexibility index (Phi) is 5.43. The van der Waals surface area contributed by atoms with Crippen LogP contribution in [0.5, 0.6) is 11.5 Å². The van der Waals surface area contributed by atoms with E-state index in [9.17, 15) is 4.79 Å². The van der Waals surface area contributed by atoms with E-state index in [1.54, 1.807) is 43.8 Å². The molecule has 4 aromatic rings. The number of hydrogen-bond donors (Lipinski definition) is 1. The SMILES string of the molecule is COc1ccc(NC(=O)c2sccc2-n2cnnn2)cc1OCc1cccnc1. The Morgan fingerprint density at radius 2 is 2.17 bits per heavy atom. The van der Waals surface area contributed by atoms with Gasteiger partial charge in [0.05, 0.1) is 12.8 Å². The lowest BCUT2D eigenvalue weighted by molar-refractivity contribution is 0.103. The highest BCUT2D eigenvalue weighted by Gasteiger charge is 2.17. The molecule has 0 fully saturated rings. The van der Waals surface area contributed by atoms with Crippen molar-refractivity contribution in [3.8, 4) is 17.2 Å². The summed E-state index contributed by atoms with van der Waals surface area (Å²) in [7, 11) is 1.56. The van der Waals surface area contributed by atoms with E-state index in [4.69, 9.17) is 9.47 Å². The fraction of sp³-hybridized carbons (Fsp3) is 0.105. The Balaban J connectivity index is 1.52. The number of benzene rings is 1. The molecule has 1 amide bonds. The van der Waals surface area contributed by atoms with Crippen molar-refractivity contribution >= 4 is 22.9 Å². The van der Waals surface area contributed by atoms with E-state index in [0.717, 1.165) is 5.56 Å². The molecule has 1 N–H and O–H groups in total. The number of thiophene rings is 1. The fourth-order valence-electron chi connectivity index (χ4n) is 2.62. The quantitative estimate of drug-likeness (QED) is 0.501. The van der Waals surface area contributed by atoms with Crippen LogP contribution in [0.4, 0.5) is 5.69 Å². The first-order valence-corrected chi connectivity index (χ1v) is 9.44. The summed E-state index contributed by atoms with van der Waals surface area (Å²) in [6, 6.07) is 10.8. The van der Waals surface area contributed by atoms with E-state index in [2.05, 4.69) is 25.8 Å². The number of pyridine rings is 1. The third-order valence-electron chi connectivity index (χ3n) is 3.99. The zero-order valence-electron chi connectivity index (χ0n) is 15.3. The molecule has 1 aromatic carbocycles. The maximum atomic E-state index is 12.8. The van der Waals surface area contributed by atoms with Gasteiger partial charge in [-0.25, -0.2) is 0 Å². The summed E-state index contributed by atoms with van der Waals surface area (Å²) in [6.45, 7) is 0.329. The van der Waals surface area contributed by atoms with Crippen LogP contribution >= 0.6 is 11.3 Å². The number of nitrogens with zero attached hydrogens (tertiary/aromatic N) is 5. The second-order valence-corrected chi connectivity index (χ2v) is 6.78.